The molecule has 0 aromatic heterocycles. The van der Waals surface area contributed by atoms with Crippen LogP contribution in [0.3, 0.4) is 0 Å². The van der Waals surface area contributed by atoms with Crippen LogP contribution in [0.25, 0.3) is 0 Å². The first-order valence-corrected chi connectivity index (χ1v) is 6.29. The van der Waals surface area contributed by atoms with E-state index in [1.54, 1.807) is 0 Å². The van der Waals surface area contributed by atoms with Crippen molar-refractivity contribution in [1.29, 1.82) is 0 Å². The molecular weight excluding hydrogens is 276 g/mol. The van der Waals surface area contributed by atoms with Gasteiger partial charge in [-0.25, -0.2) is 0 Å². The molecule has 0 saturated heterocycles. The quantitative estimate of drug-likeness (QED) is 0.412. The number of rotatable bonds is 1. The molecule has 0 N–H and O–H groups in total. The van der Waals surface area contributed by atoms with Gasteiger partial charge in [0.15, 0.2) is 5.78 Å². The number of Topliss-reactive ketones (excluding diaryl/α,β-unsaturated/α-hetero) is 2. The number of ether oxygens (including phenoxy) is 1. The Kier molecular flexibility index (Phi) is 3.15. The highest BCUT2D eigenvalue weighted by molar-refractivity contribution is 9.10. The summed E-state index contributed by atoms with van der Waals surface area (Å²) in [6.07, 6.45) is 2.15. The van der Waals surface area contributed by atoms with E-state index in [0.29, 0.717) is 12.8 Å². The third kappa shape index (κ3) is 1.61. The van der Waals surface area contributed by atoms with Crippen LogP contribution >= 0.6 is 15.9 Å². The molecule has 2 saturated carbocycles. The second-order valence-electron chi connectivity index (χ2n) is 4.35. The van der Waals surface area contributed by atoms with E-state index >= 15 is 0 Å². The standard InChI is InChI=1S/C11H13BrO4/c1-16-11(15)7-5-3-2-4-6(9(5)13)10(14)8(7)12/h5-8H,2-4H2,1H3/t5-,6-,7-,8+/m0/s1. The topological polar surface area (TPSA) is 60.4 Å². The average molecular weight is 289 g/mol. The van der Waals surface area contributed by atoms with Crippen LogP contribution in [0.15, 0.2) is 0 Å². The molecule has 88 valence electrons. The van der Waals surface area contributed by atoms with Gasteiger partial charge >= 0.3 is 5.97 Å². The lowest BCUT2D eigenvalue weighted by Crippen LogP contribution is -2.53. The summed E-state index contributed by atoms with van der Waals surface area (Å²) in [5.74, 6) is -2.16. The fourth-order valence-electron chi connectivity index (χ4n) is 2.72. The number of alkyl halides is 1. The van der Waals surface area contributed by atoms with Gasteiger partial charge < -0.3 is 4.74 Å². The van der Waals surface area contributed by atoms with Crippen LogP contribution in [0.1, 0.15) is 19.3 Å². The summed E-state index contributed by atoms with van der Waals surface area (Å²) >= 11 is 3.24. The summed E-state index contributed by atoms with van der Waals surface area (Å²) in [5.41, 5.74) is 0. The number of carbonyl (C=O) groups excluding carboxylic acids is 3. The molecule has 0 radical (unpaired) electrons. The summed E-state index contributed by atoms with van der Waals surface area (Å²) in [6, 6.07) is 0. The Morgan fingerprint density at radius 2 is 2.00 bits per heavy atom. The third-order valence-corrected chi connectivity index (χ3v) is 4.58. The molecule has 16 heavy (non-hydrogen) atoms. The fraction of sp³-hybridized carbons (Fsp3) is 0.727. The Morgan fingerprint density at radius 3 is 2.62 bits per heavy atom. The van der Waals surface area contributed by atoms with Crippen molar-refractivity contribution < 1.29 is 19.1 Å². The molecule has 0 aromatic rings. The molecule has 4 nitrogen and oxygen atoms in total. The predicted octanol–water partition coefficient (Wildman–Crippen LogP) is 1.11. The number of ketones is 2. The second-order valence-corrected chi connectivity index (χ2v) is 5.33. The minimum Gasteiger partial charge on any atom is -0.469 e. The van der Waals surface area contributed by atoms with Gasteiger partial charge in [-0.2, -0.15) is 0 Å². The summed E-state index contributed by atoms with van der Waals surface area (Å²) in [6.45, 7) is 0. The molecule has 0 aromatic carbocycles. The van der Waals surface area contributed by atoms with Crippen LogP contribution < -0.4 is 0 Å². The molecule has 2 bridgehead atoms. The number of carbonyl (C=O) groups is 3. The van der Waals surface area contributed by atoms with Gasteiger partial charge in [0, 0.05) is 5.92 Å². The van der Waals surface area contributed by atoms with E-state index in [1.165, 1.54) is 7.11 Å². The molecule has 0 aliphatic heterocycles. The summed E-state index contributed by atoms with van der Waals surface area (Å²) in [5, 5.41) is 0. The molecule has 2 fully saturated rings. The van der Waals surface area contributed by atoms with Crippen molar-refractivity contribution in [2.75, 3.05) is 7.11 Å². The summed E-state index contributed by atoms with van der Waals surface area (Å²) in [4.78, 5) is 34.9. The highest BCUT2D eigenvalue weighted by atomic mass is 79.9. The first-order chi connectivity index (χ1) is 7.57. The number of hydrogen-bond acceptors (Lipinski definition) is 4. The van der Waals surface area contributed by atoms with Crippen molar-refractivity contribution in [3.63, 3.8) is 0 Å². The van der Waals surface area contributed by atoms with E-state index in [1.807, 2.05) is 0 Å². The van der Waals surface area contributed by atoms with Gasteiger partial charge in [-0.15, -0.1) is 0 Å². The zero-order chi connectivity index (χ0) is 11.9. The molecule has 5 heteroatoms. The maximum atomic E-state index is 11.9. The fourth-order valence-corrected chi connectivity index (χ4v) is 3.62. The van der Waals surface area contributed by atoms with Gasteiger partial charge in [0.2, 0.25) is 0 Å². The van der Waals surface area contributed by atoms with Crippen molar-refractivity contribution in [3.8, 4) is 0 Å². The number of halogens is 1. The molecular formula is C11H13BrO4. The highest BCUT2D eigenvalue weighted by Crippen LogP contribution is 2.42. The molecule has 0 unspecified atom stereocenters. The number of hydrogen-bond donors (Lipinski definition) is 0. The molecule has 2 aliphatic carbocycles. The van der Waals surface area contributed by atoms with Crippen LogP contribution in [-0.4, -0.2) is 29.5 Å². The van der Waals surface area contributed by atoms with E-state index < -0.39 is 22.6 Å². The van der Waals surface area contributed by atoms with Gasteiger partial charge in [0.25, 0.3) is 0 Å². The average Bonchev–Trinajstić information content (AvgIpc) is 2.28. The van der Waals surface area contributed by atoms with Crippen molar-refractivity contribution in [1.82, 2.24) is 0 Å². The SMILES string of the molecule is COC(=O)[C@H]1[C@@H]2CCC[C@@H](C2=O)C(=O)[C@@H]1Br. The van der Waals surface area contributed by atoms with Gasteiger partial charge in [0.1, 0.15) is 5.78 Å². The van der Waals surface area contributed by atoms with Crippen molar-refractivity contribution >= 4 is 33.5 Å². The summed E-state index contributed by atoms with van der Waals surface area (Å²) < 4.78 is 4.67. The van der Waals surface area contributed by atoms with E-state index in [0.717, 1.165) is 6.42 Å². The van der Waals surface area contributed by atoms with Crippen LogP contribution in [0, 0.1) is 17.8 Å². The van der Waals surface area contributed by atoms with Gasteiger partial charge in [0.05, 0.1) is 23.8 Å². The Bertz CT molecular complexity index is 344. The molecule has 0 spiro atoms. The van der Waals surface area contributed by atoms with Crippen LogP contribution in [0.2, 0.25) is 0 Å². The van der Waals surface area contributed by atoms with Gasteiger partial charge in [-0.3, -0.25) is 14.4 Å². The Morgan fingerprint density at radius 1 is 1.31 bits per heavy atom. The summed E-state index contributed by atoms with van der Waals surface area (Å²) in [7, 11) is 1.28. The third-order valence-electron chi connectivity index (χ3n) is 3.55. The van der Waals surface area contributed by atoms with Gasteiger partial charge in [-0.1, -0.05) is 22.4 Å². The Hall–Kier alpha value is -0.710. The van der Waals surface area contributed by atoms with Crippen molar-refractivity contribution in [3.05, 3.63) is 0 Å². The zero-order valence-corrected chi connectivity index (χ0v) is 10.5. The molecule has 2 aliphatic rings. The molecule has 0 heterocycles. The smallest absolute Gasteiger partial charge is 0.310 e. The van der Waals surface area contributed by atoms with Crippen molar-refractivity contribution in [2.45, 2.75) is 24.1 Å². The number of methoxy groups -OCH3 is 1. The Labute approximate surface area is 102 Å². The van der Waals surface area contributed by atoms with Gasteiger partial charge in [-0.05, 0) is 12.8 Å². The maximum absolute atomic E-state index is 11.9. The lowest BCUT2D eigenvalue weighted by Gasteiger charge is -2.39. The lowest BCUT2D eigenvalue weighted by atomic mass is 9.65. The first-order valence-electron chi connectivity index (χ1n) is 5.37. The van der Waals surface area contributed by atoms with Crippen LogP contribution in [-0.2, 0) is 19.1 Å². The number of esters is 1. The van der Waals surface area contributed by atoms with E-state index in [9.17, 15) is 14.4 Å². The zero-order valence-electron chi connectivity index (χ0n) is 8.94. The lowest BCUT2D eigenvalue weighted by molar-refractivity contribution is -0.158. The monoisotopic (exact) mass is 288 g/mol. The molecule has 4 atom stereocenters. The predicted molar refractivity (Wildman–Crippen MR) is 59.1 cm³/mol. The number of fused-ring (bicyclic) bond motifs is 2. The van der Waals surface area contributed by atoms with Crippen LogP contribution in [0.4, 0.5) is 0 Å². The van der Waals surface area contributed by atoms with E-state index in [4.69, 9.17) is 0 Å². The highest BCUT2D eigenvalue weighted by Gasteiger charge is 2.53. The van der Waals surface area contributed by atoms with E-state index in [2.05, 4.69) is 20.7 Å². The second kappa shape index (κ2) is 4.28. The molecule has 2 rings (SSSR count). The van der Waals surface area contributed by atoms with Crippen LogP contribution in [0.5, 0.6) is 0 Å². The minimum absolute atomic E-state index is 0.0673. The minimum atomic E-state index is -0.637. The largest absolute Gasteiger partial charge is 0.469 e. The first kappa shape index (κ1) is 11.8. The van der Waals surface area contributed by atoms with Crippen molar-refractivity contribution in [2.24, 2.45) is 17.8 Å². The normalized spacial score (nSPS) is 38.4. The maximum Gasteiger partial charge on any atom is 0.310 e. The Balaban J connectivity index is 2.34. The molecule has 0 amide bonds. The van der Waals surface area contributed by atoms with E-state index in [-0.39, 0.29) is 17.5 Å².